The fourth-order valence-electron chi connectivity index (χ4n) is 3.04. The maximum Gasteiger partial charge on any atom is 0.0594 e. The SMILES string of the molecule is CC1(C)CCC(NCCCN2CCOCC2)C1. The molecule has 0 radical (unpaired) electrons. The lowest BCUT2D eigenvalue weighted by molar-refractivity contribution is 0.0374. The highest BCUT2D eigenvalue weighted by Gasteiger charge is 2.30. The molecule has 3 nitrogen and oxygen atoms in total. The fraction of sp³-hybridized carbons (Fsp3) is 1.00. The van der Waals surface area contributed by atoms with Crippen LogP contribution in [0.25, 0.3) is 0 Å². The lowest BCUT2D eigenvalue weighted by atomic mass is 9.92. The van der Waals surface area contributed by atoms with Crippen molar-refractivity contribution < 1.29 is 4.74 Å². The van der Waals surface area contributed by atoms with Gasteiger partial charge in [0.15, 0.2) is 0 Å². The third-order valence-corrected chi connectivity index (χ3v) is 4.16. The summed E-state index contributed by atoms with van der Waals surface area (Å²) in [5, 5.41) is 3.72. The van der Waals surface area contributed by atoms with Gasteiger partial charge in [0.2, 0.25) is 0 Å². The molecule has 1 heterocycles. The number of morpholine rings is 1. The summed E-state index contributed by atoms with van der Waals surface area (Å²) in [5.74, 6) is 0. The van der Waals surface area contributed by atoms with Crippen molar-refractivity contribution in [2.75, 3.05) is 39.4 Å². The smallest absolute Gasteiger partial charge is 0.0594 e. The van der Waals surface area contributed by atoms with E-state index in [1.165, 1.54) is 38.8 Å². The molecule has 0 aromatic heterocycles. The molecule has 2 fully saturated rings. The van der Waals surface area contributed by atoms with Crippen molar-refractivity contribution in [1.82, 2.24) is 10.2 Å². The van der Waals surface area contributed by atoms with Crippen LogP contribution < -0.4 is 5.32 Å². The second kappa shape index (κ2) is 6.17. The Morgan fingerprint density at radius 2 is 2.06 bits per heavy atom. The molecule has 0 amide bonds. The van der Waals surface area contributed by atoms with E-state index in [0.29, 0.717) is 5.41 Å². The van der Waals surface area contributed by atoms with Crippen LogP contribution in [0.2, 0.25) is 0 Å². The minimum Gasteiger partial charge on any atom is -0.379 e. The van der Waals surface area contributed by atoms with E-state index >= 15 is 0 Å². The minimum absolute atomic E-state index is 0.571. The van der Waals surface area contributed by atoms with Crippen molar-refractivity contribution in [3.8, 4) is 0 Å². The molecule has 3 heteroatoms. The number of hydrogen-bond donors (Lipinski definition) is 1. The zero-order valence-corrected chi connectivity index (χ0v) is 11.5. The van der Waals surface area contributed by atoms with Crippen LogP contribution in [0.15, 0.2) is 0 Å². The van der Waals surface area contributed by atoms with Crippen LogP contribution in [-0.2, 0) is 4.74 Å². The lowest BCUT2D eigenvalue weighted by Gasteiger charge is -2.26. The average Bonchev–Trinajstić information content (AvgIpc) is 2.66. The molecule has 2 aliphatic rings. The van der Waals surface area contributed by atoms with E-state index < -0.39 is 0 Å². The first-order chi connectivity index (χ1) is 8.16. The standard InChI is InChI=1S/C14H28N2O/c1-14(2)5-4-13(12-14)15-6-3-7-16-8-10-17-11-9-16/h13,15H,3-12H2,1-2H3. The molecule has 17 heavy (non-hydrogen) atoms. The maximum atomic E-state index is 5.35. The highest BCUT2D eigenvalue weighted by molar-refractivity contribution is 4.86. The van der Waals surface area contributed by atoms with E-state index in [1.807, 2.05) is 0 Å². The van der Waals surface area contributed by atoms with Gasteiger partial charge >= 0.3 is 0 Å². The van der Waals surface area contributed by atoms with Crippen LogP contribution >= 0.6 is 0 Å². The van der Waals surface area contributed by atoms with E-state index in [9.17, 15) is 0 Å². The van der Waals surface area contributed by atoms with Gasteiger partial charge in [-0.15, -0.1) is 0 Å². The van der Waals surface area contributed by atoms with E-state index in [0.717, 1.165) is 32.3 Å². The van der Waals surface area contributed by atoms with Gasteiger partial charge in [-0.25, -0.2) is 0 Å². The topological polar surface area (TPSA) is 24.5 Å². The van der Waals surface area contributed by atoms with Gasteiger partial charge in [-0.3, -0.25) is 4.90 Å². The van der Waals surface area contributed by atoms with Crippen molar-refractivity contribution in [3.63, 3.8) is 0 Å². The van der Waals surface area contributed by atoms with Gasteiger partial charge in [0.05, 0.1) is 13.2 Å². The van der Waals surface area contributed by atoms with Crippen LogP contribution in [0.5, 0.6) is 0 Å². The molecule has 1 aliphatic heterocycles. The van der Waals surface area contributed by atoms with Crippen molar-refractivity contribution in [2.24, 2.45) is 5.41 Å². The van der Waals surface area contributed by atoms with Crippen molar-refractivity contribution >= 4 is 0 Å². The number of hydrogen-bond acceptors (Lipinski definition) is 3. The predicted octanol–water partition coefficient (Wildman–Crippen LogP) is 1.88. The zero-order valence-electron chi connectivity index (χ0n) is 11.5. The van der Waals surface area contributed by atoms with Crippen molar-refractivity contribution in [3.05, 3.63) is 0 Å². The van der Waals surface area contributed by atoms with Gasteiger partial charge in [0.1, 0.15) is 0 Å². The molecule has 100 valence electrons. The molecule has 1 aliphatic carbocycles. The Kier molecular flexibility index (Phi) is 4.83. The van der Waals surface area contributed by atoms with Crippen LogP contribution in [0, 0.1) is 5.41 Å². The Bertz CT molecular complexity index is 224. The van der Waals surface area contributed by atoms with E-state index in [1.54, 1.807) is 0 Å². The van der Waals surface area contributed by atoms with Crippen molar-refractivity contribution in [2.45, 2.75) is 45.6 Å². The van der Waals surface area contributed by atoms with Gasteiger partial charge in [0, 0.05) is 19.1 Å². The summed E-state index contributed by atoms with van der Waals surface area (Å²) in [4.78, 5) is 2.52. The summed E-state index contributed by atoms with van der Waals surface area (Å²) in [6.45, 7) is 11.3. The number of nitrogens with zero attached hydrogens (tertiary/aromatic N) is 1. The first-order valence-corrected chi connectivity index (χ1v) is 7.19. The molecule has 1 unspecified atom stereocenters. The summed E-state index contributed by atoms with van der Waals surface area (Å²) in [6.07, 6.45) is 5.38. The van der Waals surface area contributed by atoms with Crippen LogP contribution in [0.1, 0.15) is 39.5 Å². The summed E-state index contributed by atoms with van der Waals surface area (Å²) in [7, 11) is 0. The molecule has 2 rings (SSSR count). The summed E-state index contributed by atoms with van der Waals surface area (Å²) >= 11 is 0. The summed E-state index contributed by atoms with van der Waals surface area (Å²) in [5.41, 5.74) is 0.571. The van der Waals surface area contributed by atoms with Crippen molar-refractivity contribution in [1.29, 1.82) is 0 Å². The number of nitrogens with one attached hydrogen (secondary N) is 1. The van der Waals surface area contributed by atoms with E-state index in [2.05, 4.69) is 24.1 Å². The lowest BCUT2D eigenvalue weighted by Crippen LogP contribution is -2.38. The fourth-order valence-corrected chi connectivity index (χ4v) is 3.04. The molecule has 0 aromatic carbocycles. The summed E-state index contributed by atoms with van der Waals surface area (Å²) in [6, 6.07) is 0.773. The quantitative estimate of drug-likeness (QED) is 0.743. The molecular weight excluding hydrogens is 212 g/mol. The zero-order chi connectivity index (χ0) is 12.1. The third-order valence-electron chi connectivity index (χ3n) is 4.16. The molecule has 0 aromatic rings. The Morgan fingerprint density at radius 3 is 2.71 bits per heavy atom. The van der Waals surface area contributed by atoms with E-state index in [-0.39, 0.29) is 0 Å². The second-order valence-electron chi connectivity index (χ2n) is 6.37. The Labute approximate surface area is 106 Å². The average molecular weight is 240 g/mol. The van der Waals surface area contributed by atoms with Crippen LogP contribution in [0.3, 0.4) is 0 Å². The normalized spacial score (nSPS) is 29.6. The molecule has 1 saturated carbocycles. The van der Waals surface area contributed by atoms with E-state index in [4.69, 9.17) is 4.74 Å². The Morgan fingerprint density at radius 1 is 1.29 bits per heavy atom. The largest absolute Gasteiger partial charge is 0.379 e. The molecule has 1 N–H and O–H groups in total. The predicted molar refractivity (Wildman–Crippen MR) is 71.3 cm³/mol. The second-order valence-corrected chi connectivity index (χ2v) is 6.37. The minimum atomic E-state index is 0.571. The first kappa shape index (κ1) is 13.3. The molecular formula is C14H28N2O. The molecule has 0 spiro atoms. The number of ether oxygens (including phenoxy) is 1. The first-order valence-electron chi connectivity index (χ1n) is 7.19. The Hall–Kier alpha value is -0.120. The summed E-state index contributed by atoms with van der Waals surface area (Å²) < 4.78 is 5.35. The highest BCUT2D eigenvalue weighted by Crippen LogP contribution is 2.36. The number of rotatable bonds is 5. The van der Waals surface area contributed by atoms with Gasteiger partial charge in [-0.05, 0) is 44.2 Å². The van der Waals surface area contributed by atoms with Gasteiger partial charge in [0.25, 0.3) is 0 Å². The van der Waals surface area contributed by atoms with Crippen LogP contribution in [0.4, 0.5) is 0 Å². The monoisotopic (exact) mass is 240 g/mol. The molecule has 1 saturated heterocycles. The van der Waals surface area contributed by atoms with Crippen LogP contribution in [-0.4, -0.2) is 50.3 Å². The van der Waals surface area contributed by atoms with Gasteiger partial charge in [-0.1, -0.05) is 13.8 Å². The van der Waals surface area contributed by atoms with Gasteiger partial charge in [-0.2, -0.15) is 0 Å². The molecule has 1 atom stereocenters. The maximum absolute atomic E-state index is 5.35. The Balaban J connectivity index is 1.51. The molecule has 0 bridgehead atoms. The third kappa shape index (κ3) is 4.57. The highest BCUT2D eigenvalue weighted by atomic mass is 16.5. The van der Waals surface area contributed by atoms with Gasteiger partial charge < -0.3 is 10.1 Å².